The number of aryl methyl sites for hydroxylation is 2. The molecule has 10 heteroatoms. The normalized spacial score (nSPS) is 16.1. The van der Waals surface area contributed by atoms with Crippen molar-refractivity contribution in [2.45, 2.75) is 38.9 Å². The Morgan fingerprint density at radius 2 is 2.03 bits per heavy atom. The molecule has 2 aliphatic heterocycles. The molecule has 0 fully saturated rings. The van der Waals surface area contributed by atoms with Gasteiger partial charge < -0.3 is 25.8 Å². The minimum atomic E-state index is -0.611. The van der Waals surface area contributed by atoms with Crippen LogP contribution in [0.4, 0.5) is 11.5 Å². The second-order valence-corrected chi connectivity index (χ2v) is 8.31. The molecule has 0 spiro atoms. The monoisotopic (exact) mass is 462 g/mol. The standard InChI is InChI=1S/C24H26N6O4/c1-14-15(5-7-20(25)29-14)11-28-23(31)18-6-8-21-27-13-17(24(32)30(18)21)26-12-16-3-2-4-19-22(16)34-10-9-33-19/h2-5,7,13,18,26H,6,8-12H2,1H3,(H2,25,29)(H,28,31)/t18-/m0/s1. The number of benzene rings is 1. The van der Waals surface area contributed by atoms with E-state index >= 15 is 0 Å². The van der Waals surface area contributed by atoms with Crippen LogP contribution in [-0.2, 0) is 24.3 Å². The summed E-state index contributed by atoms with van der Waals surface area (Å²) in [5, 5.41) is 6.08. The van der Waals surface area contributed by atoms with Crippen molar-refractivity contribution < 1.29 is 14.3 Å². The summed E-state index contributed by atoms with van der Waals surface area (Å²) in [6.07, 6.45) is 2.62. The molecular formula is C24H26N6O4. The molecular weight excluding hydrogens is 436 g/mol. The van der Waals surface area contributed by atoms with Crippen LogP contribution in [0.5, 0.6) is 11.5 Å². The van der Waals surface area contributed by atoms with Crippen LogP contribution in [0.2, 0.25) is 0 Å². The molecule has 1 atom stereocenters. The minimum Gasteiger partial charge on any atom is -0.486 e. The predicted molar refractivity (Wildman–Crippen MR) is 126 cm³/mol. The van der Waals surface area contributed by atoms with Crippen molar-refractivity contribution in [2.24, 2.45) is 0 Å². The lowest BCUT2D eigenvalue weighted by Gasteiger charge is -2.21. The summed E-state index contributed by atoms with van der Waals surface area (Å²) in [4.78, 5) is 34.9. The number of carbonyl (C=O) groups excluding carboxylic acids is 1. The fraction of sp³-hybridized carbons (Fsp3) is 0.333. The first-order chi connectivity index (χ1) is 16.5. The van der Waals surface area contributed by atoms with Crippen LogP contribution in [0.1, 0.15) is 35.1 Å². The Balaban J connectivity index is 1.31. The number of amides is 1. The predicted octanol–water partition coefficient (Wildman–Crippen LogP) is 1.72. The van der Waals surface area contributed by atoms with E-state index in [9.17, 15) is 9.59 Å². The third-order valence-electron chi connectivity index (χ3n) is 6.11. The number of anilines is 2. The molecule has 1 amide bonds. The number of nitrogens with one attached hydrogen (secondary N) is 2. The maximum Gasteiger partial charge on any atom is 0.277 e. The number of fused-ring (bicyclic) bond motifs is 2. The van der Waals surface area contributed by atoms with Gasteiger partial charge in [-0.05, 0) is 31.0 Å². The number of nitrogens with two attached hydrogens (primary N) is 1. The van der Waals surface area contributed by atoms with Crippen molar-refractivity contribution in [3.8, 4) is 11.5 Å². The second-order valence-electron chi connectivity index (χ2n) is 8.31. The highest BCUT2D eigenvalue weighted by atomic mass is 16.6. The second kappa shape index (κ2) is 9.05. The molecule has 2 aliphatic rings. The fourth-order valence-electron chi connectivity index (χ4n) is 4.33. The average molecular weight is 463 g/mol. The van der Waals surface area contributed by atoms with Gasteiger partial charge in [0.1, 0.15) is 36.6 Å². The Bertz CT molecular complexity index is 1310. The van der Waals surface area contributed by atoms with E-state index in [0.717, 1.165) is 16.8 Å². The van der Waals surface area contributed by atoms with Gasteiger partial charge in [0, 0.05) is 30.8 Å². The van der Waals surface area contributed by atoms with E-state index in [2.05, 4.69) is 20.6 Å². The van der Waals surface area contributed by atoms with Crippen LogP contribution in [0.25, 0.3) is 0 Å². The summed E-state index contributed by atoms with van der Waals surface area (Å²) < 4.78 is 12.9. The molecule has 0 saturated carbocycles. The first-order valence-corrected chi connectivity index (χ1v) is 11.2. The smallest absolute Gasteiger partial charge is 0.277 e. The number of carbonyl (C=O) groups is 1. The van der Waals surface area contributed by atoms with Crippen molar-refractivity contribution in [2.75, 3.05) is 24.3 Å². The Kier molecular flexibility index (Phi) is 5.79. The zero-order valence-corrected chi connectivity index (χ0v) is 18.8. The lowest BCUT2D eigenvalue weighted by atomic mass is 10.1. The quantitative estimate of drug-likeness (QED) is 0.504. The van der Waals surface area contributed by atoms with Gasteiger partial charge in [-0.3, -0.25) is 14.2 Å². The van der Waals surface area contributed by atoms with Gasteiger partial charge in [-0.2, -0.15) is 0 Å². The zero-order valence-electron chi connectivity index (χ0n) is 18.8. The molecule has 0 aliphatic carbocycles. The molecule has 10 nitrogen and oxygen atoms in total. The highest BCUT2D eigenvalue weighted by Crippen LogP contribution is 2.34. The summed E-state index contributed by atoms with van der Waals surface area (Å²) in [7, 11) is 0. The van der Waals surface area contributed by atoms with E-state index in [4.69, 9.17) is 15.2 Å². The Hall–Kier alpha value is -4.08. The van der Waals surface area contributed by atoms with Gasteiger partial charge in [0.25, 0.3) is 5.56 Å². The number of nitrogen functional groups attached to an aromatic ring is 1. The van der Waals surface area contributed by atoms with Crippen molar-refractivity contribution in [3.05, 3.63) is 69.5 Å². The topological polar surface area (TPSA) is 133 Å². The third-order valence-corrected chi connectivity index (χ3v) is 6.11. The fourth-order valence-corrected chi connectivity index (χ4v) is 4.33. The van der Waals surface area contributed by atoms with Gasteiger partial charge in [-0.25, -0.2) is 9.97 Å². The molecule has 1 aromatic carbocycles. The SMILES string of the molecule is Cc1nc(N)ccc1CNC(=O)[C@@H]1CCc2ncc(NCc3cccc4c3OCCO4)c(=O)n21. The van der Waals surface area contributed by atoms with E-state index in [0.29, 0.717) is 68.0 Å². The largest absolute Gasteiger partial charge is 0.486 e. The molecule has 5 rings (SSSR count). The molecule has 176 valence electrons. The number of hydrogen-bond acceptors (Lipinski definition) is 8. The highest BCUT2D eigenvalue weighted by molar-refractivity contribution is 5.81. The maximum atomic E-state index is 13.3. The molecule has 4 heterocycles. The van der Waals surface area contributed by atoms with Crippen molar-refractivity contribution in [1.82, 2.24) is 19.9 Å². The van der Waals surface area contributed by atoms with Crippen molar-refractivity contribution in [3.63, 3.8) is 0 Å². The summed E-state index contributed by atoms with van der Waals surface area (Å²) in [6.45, 7) is 3.51. The lowest BCUT2D eigenvalue weighted by Crippen LogP contribution is -2.36. The first kappa shape index (κ1) is 21.7. The third kappa shape index (κ3) is 4.14. The molecule has 0 unspecified atom stereocenters. The number of ether oxygens (including phenoxy) is 2. The molecule has 0 radical (unpaired) electrons. The van der Waals surface area contributed by atoms with Gasteiger partial charge in [-0.15, -0.1) is 0 Å². The van der Waals surface area contributed by atoms with Gasteiger partial charge in [0.15, 0.2) is 11.5 Å². The van der Waals surface area contributed by atoms with Gasteiger partial charge >= 0.3 is 0 Å². The van der Waals surface area contributed by atoms with Crippen LogP contribution >= 0.6 is 0 Å². The zero-order chi connectivity index (χ0) is 23.7. The molecule has 4 N–H and O–H groups in total. The number of nitrogens with zero attached hydrogens (tertiary/aromatic N) is 3. The average Bonchev–Trinajstić information content (AvgIpc) is 3.28. The lowest BCUT2D eigenvalue weighted by molar-refractivity contribution is -0.124. The van der Waals surface area contributed by atoms with Gasteiger partial charge in [0.05, 0.1) is 6.20 Å². The van der Waals surface area contributed by atoms with E-state index in [1.165, 1.54) is 10.8 Å². The summed E-state index contributed by atoms with van der Waals surface area (Å²) in [6, 6.07) is 8.59. The van der Waals surface area contributed by atoms with Gasteiger partial charge in [-0.1, -0.05) is 18.2 Å². The van der Waals surface area contributed by atoms with Crippen LogP contribution in [0, 0.1) is 6.92 Å². The summed E-state index contributed by atoms with van der Waals surface area (Å²) in [5.74, 6) is 2.19. The number of rotatable bonds is 6. The van der Waals surface area contributed by atoms with Crippen LogP contribution in [0.3, 0.4) is 0 Å². The summed E-state index contributed by atoms with van der Waals surface area (Å²) >= 11 is 0. The molecule has 0 bridgehead atoms. The van der Waals surface area contributed by atoms with E-state index in [-0.39, 0.29) is 11.5 Å². The van der Waals surface area contributed by atoms with Crippen LogP contribution in [0.15, 0.2) is 41.3 Å². The molecule has 2 aromatic heterocycles. The van der Waals surface area contributed by atoms with E-state index < -0.39 is 6.04 Å². The van der Waals surface area contributed by atoms with Crippen LogP contribution in [-0.4, -0.2) is 33.7 Å². The Morgan fingerprint density at radius 3 is 2.88 bits per heavy atom. The maximum absolute atomic E-state index is 13.3. The number of hydrogen-bond donors (Lipinski definition) is 3. The number of pyridine rings is 1. The van der Waals surface area contributed by atoms with E-state index in [1.807, 2.05) is 31.2 Å². The van der Waals surface area contributed by atoms with Gasteiger partial charge in [0.2, 0.25) is 5.91 Å². The van der Waals surface area contributed by atoms with Crippen molar-refractivity contribution in [1.29, 1.82) is 0 Å². The Labute approximate surface area is 196 Å². The summed E-state index contributed by atoms with van der Waals surface area (Å²) in [5.41, 5.74) is 8.27. The highest BCUT2D eigenvalue weighted by Gasteiger charge is 2.31. The molecule has 3 aromatic rings. The number of aromatic nitrogens is 3. The molecule has 34 heavy (non-hydrogen) atoms. The van der Waals surface area contributed by atoms with Crippen LogP contribution < -0.4 is 31.4 Å². The minimum absolute atomic E-state index is 0.223. The molecule has 0 saturated heterocycles. The first-order valence-electron chi connectivity index (χ1n) is 11.2. The van der Waals surface area contributed by atoms with E-state index in [1.54, 1.807) is 6.07 Å². The number of para-hydroxylation sites is 1. The van der Waals surface area contributed by atoms with Crippen molar-refractivity contribution >= 4 is 17.4 Å². The Morgan fingerprint density at radius 1 is 1.18 bits per heavy atom.